The molecule has 1 aliphatic carbocycles. The van der Waals surface area contributed by atoms with Crippen molar-refractivity contribution in [3.05, 3.63) is 71.6 Å². The highest BCUT2D eigenvalue weighted by atomic mass is 19.1. The lowest BCUT2D eigenvalue weighted by atomic mass is 9.81. The molecule has 0 heterocycles. The molecular formula is C18H14FNO3. The Morgan fingerprint density at radius 2 is 2.00 bits per heavy atom. The Morgan fingerprint density at radius 3 is 2.70 bits per heavy atom. The summed E-state index contributed by atoms with van der Waals surface area (Å²) >= 11 is 0. The van der Waals surface area contributed by atoms with Crippen molar-refractivity contribution in [1.82, 2.24) is 5.32 Å². The third-order valence-electron chi connectivity index (χ3n) is 3.93. The highest BCUT2D eigenvalue weighted by Crippen LogP contribution is 2.33. The number of amides is 1. The number of carbonyl (C=O) groups excluding carboxylic acids is 1. The van der Waals surface area contributed by atoms with Crippen molar-refractivity contribution in [3.8, 4) is 11.1 Å². The second-order valence-electron chi connectivity index (χ2n) is 5.41. The van der Waals surface area contributed by atoms with Gasteiger partial charge >= 0.3 is 6.09 Å². The van der Waals surface area contributed by atoms with E-state index in [-0.39, 0.29) is 5.82 Å². The van der Waals surface area contributed by atoms with Crippen LogP contribution < -0.4 is 5.32 Å². The maximum absolute atomic E-state index is 13.4. The first-order valence-corrected chi connectivity index (χ1v) is 7.08. The molecule has 0 saturated carbocycles. The number of hydrogen-bond donors (Lipinski definition) is 2. The van der Waals surface area contributed by atoms with Crippen LogP contribution >= 0.6 is 0 Å². The standard InChI is InChI=1S/C18H14FNO3/c19-15-5-1-3-12(10-15)13-6-7-16-14(9-13)4-2-8-18(16,11-21)20-17(22)23/h1-3,5-11,20H,4H2,(H,22,23)/t18-/m1/s1. The molecular weight excluding hydrogens is 297 g/mol. The Hall–Kier alpha value is -2.95. The smallest absolute Gasteiger partial charge is 0.405 e. The molecule has 116 valence electrons. The Labute approximate surface area is 132 Å². The number of hydrogen-bond acceptors (Lipinski definition) is 2. The third kappa shape index (κ3) is 2.73. The van der Waals surface area contributed by atoms with Crippen LogP contribution in [0.15, 0.2) is 54.6 Å². The van der Waals surface area contributed by atoms with Crippen LogP contribution in [0.25, 0.3) is 11.1 Å². The van der Waals surface area contributed by atoms with Gasteiger partial charge in [0.2, 0.25) is 0 Å². The van der Waals surface area contributed by atoms with Crippen molar-refractivity contribution in [2.24, 2.45) is 0 Å². The van der Waals surface area contributed by atoms with Gasteiger partial charge in [-0.05, 0) is 40.8 Å². The Morgan fingerprint density at radius 1 is 1.22 bits per heavy atom. The van der Waals surface area contributed by atoms with Gasteiger partial charge in [0, 0.05) is 0 Å². The quantitative estimate of drug-likeness (QED) is 0.675. The lowest BCUT2D eigenvalue weighted by molar-refractivity contribution is -0.112. The fourth-order valence-corrected chi connectivity index (χ4v) is 2.89. The van der Waals surface area contributed by atoms with E-state index in [1.54, 1.807) is 36.4 Å². The van der Waals surface area contributed by atoms with Crippen LogP contribution in [0.3, 0.4) is 0 Å². The number of allylic oxidation sites excluding steroid dienone is 1. The fourth-order valence-electron chi connectivity index (χ4n) is 2.89. The van der Waals surface area contributed by atoms with Crippen molar-refractivity contribution in [3.63, 3.8) is 0 Å². The monoisotopic (exact) mass is 311 g/mol. The number of rotatable bonds is 3. The predicted molar refractivity (Wildman–Crippen MR) is 83.6 cm³/mol. The second-order valence-corrected chi connectivity index (χ2v) is 5.41. The first-order chi connectivity index (χ1) is 11.0. The molecule has 0 unspecified atom stereocenters. The van der Waals surface area contributed by atoms with E-state index in [1.807, 2.05) is 6.07 Å². The van der Waals surface area contributed by atoms with Crippen LogP contribution in [0, 0.1) is 5.82 Å². The molecule has 3 rings (SSSR count). The van der Waals surface area contributed by atoms with Gasteiger partial charge in [-0.15, -0.1) is 0 Å². The number of halogens is 1. The number of carboxylic acid groups (broad SMARTS) is 1. The molecule has 1 atom stereocenters. The van der Waals surface area contributed by atoms with Gasteiger partial charge in [0.1, 0.15) is 11.4 Å². The SMILES string of the molecule is O=C[C@]1(NC(=O)O)C=CCc2cc(-c3cccc(F)c3)ccc21. The topological polar surface area (TPSA) is 66.4 Å². The average molecular weight is 311 g/mol. The first kappa shape index (κ1) is 15.0. The Balaban J connectivity index is 2.08. The van der Waals surface area contributed by atoms with Gasteiger partial charge in [-0.25, -0.2) is 9.18 Å². The maximum atomic E-state index is 13.4. The van der Waals surface area contributed by atoms with E-state index in [0.717, 1.165) is 16.7 Å². The number of nitrogens with one attached hydrogen (secondary N) is 1. The molecule has 0 spiro atoms. The van der Waals surface area contributed by atoms with Gasteiger partial charge in [-0.1, -0.05) is 42.5 Å². The summed E-state index contributed by atoms with van der Waals surface area (Å²) in [5.41, 5.74) is 1.59. The molecule has 23 heavy (non-hydrogen) atoms. The molecule has 2 aromatic rings. The normalized spacial score (nSPS) is 19.0. The van der Waals surface area contributed by atoms with E-state index in [2.05, 4.69) is 5.32 Å². The van der Waals surface area contributed by atoms with Crippen LogP contribution in [0.5, 0.6) is 0 Å². The summed E-state index contributed by atoms with van der Waals surface area (Å²) in [5, 5.41) is 11.3. The van der Waals surface area contributed by atoms with Crippen molar-refractivity contribution in [2.75, 3.05) is 0 Å². The number of fused-ring (bicyclic) bond motifs is 1. The van der Waals surface area contributed by atoms with E-state index < -0.39 is 11.6 Å². The van der Waals surface area contributed by atoms with Crippen molar-refractivity contribution < 1.29 is 19.1 Å². The number of aldehydes is 1. The summed E-state index contributed by atoms with van der Waals surface area (Å²) < 4.78 is 13.4. The molecule has 1 aliphatic rings. The van der Waals surface area contributed by atoms with E-state index in [1.165, 1.54) is 12.1 Å². The largest absolute Gasteiger partial charge is 0.465 e. The van der Waals surface area contributed by atoms with Gasteiger partial charge in [-0.2, -0.15) is 0 Å². The van der Waals surface area contributed by atoms with E-state index >= 15 is 0 Å². The molecule has 0 saturated heterocycles. The molecule has 4 nitrogen and oxygen atoms in total. The lowest BCUT2D eigenvalue weighted by Crippen LogP contribution is -2.46. The van der Waals surface area contributed by atoms with E-state index in [0.29, 0.717) is 18.3 Å². The number of benzene rings is 2. The zero-order valence-electron chi connectivity index (χ0n) is 12.1. The minimum atomic E-state index is -1.38. The van der Waals surface area contributed by atoms with Gasteiger partial charge in [0.15, 0.2) is 6.29 Å². The van der Waals surface area contributed by atoms with Gasteiger partial charge < -0.3 is 10.4 Å². The number of carbonyl (C=O) groups is 2. The molecule has 2 aromatic carbocycles. The zero-order valence-corrected chi connectivity index (χ0v) is 12.1. The molecule has 0 bridgehead atoms. The molecule has 0 fully saturated rings. The van der Waals surface area contributed by atoms with Gasteiger partial charge in [0.05, 0.1) is 0 Å². The Bertz CT molecular complexity index is 816. The summed E-state index contributed by atoms with van der Waals surface area (Å²) in [7, 11) is 0. The summed E-state index contributed by atoms with van der Waals surface area (Å²) in [6.45, 7) is 0. The van der Waals surface area contributed by atoms with Gasteiger partial charge in [0.25, 0.3) is 0 Å². The molecule has 2 N–H and O–H groups in total. The maximum Gasteiger partial charge on any atom is 0.405 e. The zero-order chi connectivity index (χ0) is 16.4. The first-order valence-electron chi connectivity index (χ1n) is 7.08. The van der Waals surface area contributed by atoms with Crippen LogP contribution in [-0.2, 0) is 16.8 Å². The van der Waals surface area contributed by atoms with E-state index in [9.17, 15) is 14.0 Å². The summed E-state index contributed by atoms with van der Waals surface area (Å²) in [6, 6.07) is 11.6. The van der Waals surface area contributed by atoms with Gasteiger partial charge in [-0.3, -0.25) is 4.79 Å². The Kier molecular flexibility index (Phi) is 3.70. The lowest BCUT2D eigenvalue weighted by Gasteiger charge is -2.30. The predicted octanol–water partition coefficient (Wildman–Crippen LogP) is 3.27. The van der Waals surface area contributed by atoms with E-state index in [4.69, 9.17) is 5.11 Å². The van der Waals surface area contributed by atoms with Crippen LogP contribution in [0.4, 0.5) is 9.18 Å². The molecule has 0 aromatic heterocycles. The minimum Gasteiger partial charge on any atom is -0.465 e. The molecule has 1 amide bonds. The third-order valence-corrected chi connectivity index (χ3v) is 3.93. The molecule has 5 heteroatoms. The highest BCUT2D eigenvalue weighted by Gasteiger charge is 2.35. The molecule has 0 aliphatic heterocycles. The summed E-state index contributed by atoms with van der Waals surface area (Å²) in [6.07, 6.45) is 3.19. The average Bonchev–Trinajstić information content (AvgIpc) is 2.54. The van der Waals surface area contributed by atoms with Crippen LogP contribution in [0.1, 0.15) is 11.1 Å². The van der Waals surface area contributed by atoms with Crippen LogP contribution in [0.2, 0.25) is 0 Å². The van der Waals surface area contributed by atoms with Crippen LogP contribution in [-0.4, -0.2) is 17.5 Å². The minimum absolute atomic E-state index is 0.324. The molecule has 0 radical (unpaired) electrons. The second kappa shape index (κ2) is 5.68. The fraction of sp³-hybridized carbons (Fsp3) is 0.111. The summed E-state index contributed by atoms with van der Waals surface area (Å²) in [4.78, 5) is 22.6. The summed E-state index contributed by atoms with van der Waals surface area (Å²) in [5.74, 6) is -0.324. The highest BCUT2D eigenvalue weighted by molar-refractivity contribution is 5.81. The van der Waals surface area contributed by atoms with Crippen molar-refractivity contribution in [1.29, 1.82) is 0 Å². The van der Waals surface area contributed by atoms with Crippen molar-refractivity contribution >= 4 is 12.4 Å². The van der Waals surface area contributed by atoms with Crippen molar-refractivity contribution in [2.45, 2.75) is 12.0 Å².